The smallest absolute Gasteiger partial charge is 0.120 e. The van der Waals surface area contributed by atoms with Crippen molar-refractivity contribution < 1.29 is 4.74 Å². The average Bonchev–Trinajstić information content (AvgIpc) is 2.12. The highest BCUT2D eigenvalue weighted by molar-refractivity contribution is 9.10. The van der Waals surface area contributed by atoms with Gasteiger partial charge in [-0.15, -0.1) is 0 Å². The zero-order chi connectivity index (χ0) is 10.6. The lowest BCUT2D eigenvalue weighted by Crippen LogP contribution is -2.10. The highest BCUT2D eigenvalue weighted by Crippen LogP contribution is 2.22. The Labute approximate surface area is 94.6 Å². The van der Waals surface area contributed by atoms with Crippen LogP contribution in [0.1, 0.15) is 32.3 Å². The molecule has 2 heteroatoms. The van der Waals surface area contributed by atoms with E-state index in [1.807, 2.05) is 12.1 Å². The van der Waals surface area contributed by atoms with Crippen LogP contribution in [-0.2, 0) is 0 Å². The largest absolute Gasteiger partial charge is 0.491 e. The topological polar surface area (TPSA) is 9.23 Å². The minimum Gasteiger partial charge on any atom is -0.491 e. The van der Waals surface area contributed by atoms with Crippen molar-refractivity contribution in [1.29, 1.82) is 0 Å². The molecule has 0 spiro atoms. The molecule has 0 aliphatic carbocycles. The summed E-state index contributed by atoms with van der Waals surface area (Å²) < 4.78 is 6.90. The maximum atomic E-state index is 5.77. The van der Waals surface area contributed by atoms with Gasteiger partial charge in [0.1, 0.15) is 5.75 Å². The molecule has 1 unspecified atom stereocenters. The molecule has 0 amide bonds. The molecular weight excluding hydrogens is 240 g/mol. The van der Waals surface area contributed by atoms with Gasteiger partial charge >= 0.3 is 0 Å². The fraction of sp³-hybridized carbons (Fsp3) is 0.500. The zero-order valence-corrected chi connectivity index (χ0v) is 10.6. The number of ether oxygens (including phenoxy) is 1. The Hall–Kier alpha value is -0.500. The van der Waals surface area contributed by atoms with Crippen molar-refractivity contribution in [3.05, 3.63) is 28.2 Å². The molecule has 0 N–H and O–H groups in total. The maximum Gasteiger partial charge on any atom is 0.120 e. The van der Waals surface area contributed by atoms with Gasteiger partial charge in [-0.3, -0.25) is 0 Å². The van der Waals surface area contributed by atoms with E-state index in [9.17, 15) is 0 Å². The lowest BCUT2D eigenvalue weighted by atomic mass is 10.2. The summed E-state index contributed by atoms with van der Waals surface area (Å²) >= 11 is 3.47. The Balaban J connectivity index is 2.63. The van der Waals surface area contributed by atoms with Crippen LogP contribution >= 0.6 is 15.9 Å². The van der Waals surface area contributed by atoms with Gasteiger partial charge in [-0.2, -0.15) is 0 Å². The van der Waals surface area contributed by atoms with E-state index >= 15 is 0 Å². The van der Waals surface area contributed by atoms with E-state index in [2.05, 4.69) is 42.8 Å². The van der Waals surface area contributed by atoms with Gasteiger partial charge in [-0.25, -0.2) is 0 Å². The van der Waals surface area contributed by atoms with Crippen molar-refractivity contribution in [3.63, 3.8) is 0 Å². The first-order chi connectivity index (χ1) is 6.63. The van der Waals surface area contributed by atoms with Gasteiger partial charge in [0.15, 0.2) is 0 Å². The third-order valence-corrected chi connectivity index (χ3v) is 3.05. The SMILES string of the molecule is CCCC(C)Oc1ccc(Br)c(C)c1. The molecule has 1 nitrogen and oxygen atoms in total. The highest BCUT2D eigenvalue weighted by atomic mass is 79.9. The fourth-order valence-electron chi connectivity index (χ4n) is 1.39. The molecule has 1 rings (SSSR count). The minimum absolute atomic E-state index is 0.306. The van der Waals surface area contributed by atoms with E-state index < -0.39 is 0 Å². The number of hydrogen-bond donors (Lipinski definition) is 0. The third kappa shape index (κ3) is 3.33. The van der Waals surface area contributed by atoms with E-state index in [1.54, 1.807) is 0 Å². The second-order valence-corrected chi connectivity index (χ2v) is 4.48. The molecule has 78 valence electrons. The second kappa shape index (κ2) is 5.40. The normalized spacial score (nSPS) is 12.6. The van der Waals surface area contributed by atoms with Crippen LogP contribution in [0.25, 0.3) is 0 Å². The standard InChI is InChI=1S/C12H17BrO/c1-4-5-10(3)14-11-6-7-12(13)9(2)8-11/h6-8,10H,4-5H2,1-3H3. The molecule has 1 aromatic carbocycles. The van der Waals surface area contributed by atoms with Gasteiger partial charge in [0.25, 0.3) is 0 Å². The Morgan fingerprint density at radius 1 is 1.43 bits per heavy atom. The Bertz CT molecular complexity index is 296. The summed E-state index contributed by atoms with van der Waals surface area (Å²) in [5, 5.41) is 0. The van der Waals surface area contributed by atoms with Crippen LogP contribution < -0.4 is 4.74 Å². The lowest BCUT2D eigenvalue weighted by molar-refractivity contribution is 0.210. The van der Waals surface area contributed by atoms with Crippen LogP contribution in [0, 0.1) is 6.92 Å². The monoisotopic (exact) mass is 256 g/mol. The summed E-state index contributed by atoms with van der Waals surface area (Å²) in [4.78, 5) is 0. The quantitative estimate of drug-likeness (QED) is 0.780. The van der Waals surface area contributed by atoms with E-state index in [0.29, 0.717) is 6.10 Å². The van der Waals surface area contributed by atoms with Crippen molar-refractivity contribution >= 4 is 15.9 Å². The molecule has 14 heavy (non-hydrogen) atoms. The van der Waals surface area contributed by atoms with Crippen LogP contribution in [0.3, 0.4) is 0 Å². The number of halogens is 1. The number of benzene rings is 1. The molecule has 0 bridgehead atoms. The predicted octanol–water partition coefficient (Wildman–Crippen LogP) is 4.32. The third-order valence-electron chi connectivity index (χ3n) is 2.16. The second-order valence-electron chi connectivity index (χ2n) is 3.63. The highest BCUT2D eigenvalue weighted by Gasteiger charge is 2.03. The average molecular weight is 257 g/mol. The lowest BCUT2D eigenvalue weighted by Gasteiger charge is -2.14. The van der Waals surface area contributed by atoms with Crippen molar-refractivity contribution in [2.45, 2.75) is 39.7 Å². The van der Waals surface area contributed by atoms with Crippen molar-refractivity contribution in [2.24, 2.45) is 0 Å². The van der Waals surface area contributed by atoms with Crippen LogP contribution in [0.4, 0.5) is 0 Å². The first-order valence-electron chi connectivity index (χ1n) is 5.06. The summed E-state index contributed by atoms with van der Waals surface area (Å²) in [5.74, 6) is 0.964. The number of rotatable bonds is 4. The molecule has 0 heterocycles. The number of hydrogen-bond acceptors (Lipinski definition) is 1. The first-order valence-corrected chi connectivity index (χ1v) is 5.85. The summed E-state index contributed by atoms with van der Waals surface area (Å²) in [5.41, 5.74) is 1.21. The van der Waals surface area contributed by atoms with Crippen molar-refractivity contribution in [3.8, 4) is 5.75 Å². The Kier molecular flexibility index (Phi) is 4.46. The molecule has 0 aromatic heterocycles. The molecule has 0 fully saturated rings. The molecule has 0 saturated carbocycles. The Morgan fingerprint density at radius 3 is 2.71 bits per heavy atom. The van der Waals surface area contributed by atoms with Crippen LogP contribution in [0.5, 0.6) is 5.75 Å². The van der Waals surface area contributed by atoms with Gasteiger partial charge < -0.3 is 4.74 Å². The van der Waals surface area contributed by atoms with Crippen molar-refractivity contribution in [1.82, 2.24) is 0 Å². The van der Waals surface area contributed by atoms with Crippen molar-refractivity contribution in [2.75, 3.05) is 0 Å². The molecule has 0 radical (unpaired) electrons. The summed E-state index contributed by atoms with van der Waals surface area (Å²) in [7, 11) is 0. The van der Waals surface area contributed by atoms with Gasteiger partial charge in [-0.1, -0.05) is 29.3 Å². The molecule has 1 aromatic rings. The molecule has 1 atom stereocenters. The van der Waals surface area contributed by atoms with Crippen LogP contribution in [0.15, 0.2) is 22.7 Å². The van der Waals surface area contributed by atoms with Gasteiger partial charge in [0.2, 0.25) is 0 Å². The molecule has 0 aliphatic heterocycles. The number of aryl methyl sites for hydroxylation is 1. The van der Waals surface area contributed by atoms with Crippen LogP contribution in [-0.4, -0.2) is 6.10 Å². The molecular formula is C12H17BrO. The van der Waals surface area contributed by atoms with E-state index in [1.165, 1.54) is 5.56 Å². The maximum absolute atomic E-state index is 5.77. The van der Waals surface area contributed by atoms with E-state index in [-0.39, 0.29) is 0 Å². The van der Waals surface area contributed by atoms with Gasteiger partial charge in [0, 0.05) is 4.47 Å². The fourth-order valence-corrected chi connectivity index (χ4v) is 1.63. The van der Waals surface area contributed by atoms with Crippen LogP contribution in [0.2, 0.25) is 0 Å². The minimum atomic E-state index is 0.306. The van der Waals surface area contributed by atoms with Gasteiger partial charge in [-0.05, 0) is 44.0 Å². The molecule has 0 aliphatic rings. The zero-order valence-electron chi connectivity index (χ0n) is 9.01. The molecule has 0 saturated heterocycles. The Morgan fingerprint density at radius 2 is 2.14 bits per heavy atom. The van der Waals surface area contributed by atoms with E-state index in [0.717, 1.165) is 23.1 Å². The van der Waals surface area contributed by atoms with E-state index in [4.69, 9.17) is 4.74 Å². The summed E-state index contributed by atoms with van der Waals surface area (Å²) in [6.07, 6.45) is 2.58. The summed E-state index contributed by atoms with van der Waals surface area (Å²) in [6.45, 7) is 6.36. The first kappa shape index (κ1) is 11.6. The summed E-state index contributed by atoms with van der Waals surface area (Å²) in [6, 6.07) is 6.10. The predicted molar refractivity (Wildman–Crippen MR) is 63.9 cm³/mol. The van der Waals surface area contributed by atoms with Gasteiger partial charge in [0.05, 0.1) is 6.10 Å².